The van der Waals surface area contributed by atoms with Gasteiger partial charge in [0, 0.05) is 10.5 Å². The molecule has 0 saturated heterocycles. The van der Waals surface area contributed by atoms with E-state index >= 15 is 0 Å². The van der Waals surface area contributed by atoms with Crippen LogP contribution in [-0.4, -0.2) is 16.9 Å². The van der Waals surface area contributed by atoms with E-state index in [0.29, 0.717) is 5.69 Å². The van der Waals surface area contributed by atoms with E-state index < -0.39 is 11.9 Å². The van der Waals surface area contributed by atoms with Crippen molar-refractivity contribution in [3.8, 4) is 11.6 Å². The molecule has 7 heteroatoms. The van der Waals surface area contributed by atoms with Gasteiger partial charge in [0.25, 0.3) is 0 Å². The minimum atomic E-state index is -4.49. The predicted molar refractivity (Wildman–Crippen MR) is 62.8 cm³/mol. The number of alkyl halides is 3. The fraction of sp³-hybridized carbons (Fsp3) is 0.182. The number of halogens is 4. The van der Waals surface area contributed by atoms with Gasteiger partial charge in [-0.3, -0.25) is 0 Å². The predicted octanol–water partition coefficient (Wildman–Crippen LogP) is 3.66. The van der Waals surface area contributed by atoms with Crippen LogP contribution in [0.1, 0.15) is 5.69 Å². The maximum Gasteiger partial charge on any atom is 0.435 e. The van der Waals surface area contributed by atoms with E-state index in [9.17, 15) is 13.2 Å². The zero-order valence-electron chi connectivity index (χ0n) is 9.20. The lowest BCUT2D eigenvalue weighted by molar-refractivity contribution is -0.141. The molecule has 0 fully saturated rings. The first-order valence-electron chi connectivity index (χ1n) is 4.89. The first kappa shape index (κ1) is 12.9. The van der Waals surface area contributed by atoms with Crippen LogP contribution in [0.5, 0.6) is 5.88 Å². The average Bonchev–Trinajstić information content (AvgIpc) is 2.73. The second kappa shape index (κ2) is 4.64. The van der Waals surface area contributed by atoms with Crippen LogP contribution in [0.3, 0.4) is 0 Å². The zero-order valence-corrected chi connectivity index (χ0v) is 10.8. The molecule has 1 heterocycles. The average molecular weight is 321 g/mol. The van der Waals surface area contributed by atoms with Gasteiger partial charge < -0.3 is 4.74 Å². The van der Waals surface area contributed by atoms with Gasteiger partial charge in [-0.2, -0.15) is 18.3 Å². The van der Waals surface area contributed by atoms with Crippen molar-refractivity contribution in [2.45, 2.75) is 6.18 Å². The molecule has 0 atom stereocenters. The standard InChI is InChI=1S/C11H8BrF3N2O/c1-18-10-6-9(11(13,14)15)16-17(10)8-4-2-7(12)3-5-8/h2-6H,1H3. The lowest BCUT2D eigenvalue weighted by Crippen LogP contribution is -2.07. The Morgan fingerprint density at radius 1 is 1.22 bits per heavy atom. The van der Waals surface area contributed by atoms with Crippen LogP contribution in [0.2, 0.25) is 0 Å². The molecule has 0 unspecified atom stereocenters. The summed E-state index contributed by atoms with van der Waals surface area (Å²) in [6, 6.07) is 7.56. The third-order valence-electron chi connectivity index (χ3n) is 2.25. The third-order valence-corrected chi connectivity index (χ3v) is 2.78. The quantitative estimate of drug-likeness (QED) is 0.844. The smallest absolute Gasteiger partial charge is 0.435 e. The van der Waals surface area contributed by atoms with E-state index in [2.05, 4.69) is 21.0 Å². The first-order valence-corrected chi connectivity index (χ1v) is 5.68. The summed E-state index contributed by atoms with van der Waals surface area (Å²) in [7, 11) is 1.30. The fourth-order valence-electron chi connectivity index (χ4n) is 1.42. The molecule has 1 aromatic carbocycles. The number of nitrogens with zero attached hydrogens (tertiary/aromatic N) is 2. The Balaban J connectivity index is 2.50. The van der Waals surface area contributed by atoms with Crippen molar-refractivity contribution >= 4 is 15.9 Å². The molecule has 0 amide bonds. The number of ether oxygens (including phenoxy) is 1. The third kappa shape index (κ3) is 2.50. The highest BCUT2D eigenvalue weighted by Gasteiger charge is 2.35. The number of aromatic nitrogens is 2. The highest BCUT2D eigenvalue weighted by Crippen LogP contribution is 2.32. The Labute approximate surface area is 109 Å². The molecule has 2 rings (SSSR count). The molecular weight excluding hydrogens is 313 g/mol. The molecule has 18 heavy (non-hydrogen) atoms. The molecule has 0 aliphatic carbocycles. The molecule has 1 aromatic heterocycles. The van der Waals surface area contributed by atoms with Gasteiger partial charge in [-0.15, -0.1) is 0 Å². The van der Waals surface area contributed by atoms with Gasteiger partial charge in [0.15, 0.2) is 5.69 Å². The van der Waals surface area contributed by atoms with Gasteiger partial charge in [-0.25, -0.2) is 4.68 Å². The lowest BCUT2D eigenvalue weighted by atomic mass is 10.3. The first-order chi connectivity index (χ1) is 8.41. The molecule has 0 saturated carbocycles. The van der Waals surface area contributed by atoms with Gasteiger partial charge in [-0.05, 0) is 24.3 Å². The van der Waals surface area contributed by atoms with E-state index in [4.69, 9.17) is 4.74 Å². The monoisotopic (exact) mass is 320 g/mol. The van der Waals surface area contributed by atoms with Gasteiger partial charge >= 0.3 is 6.18 Å². The molecular formula is C11H8BrF3N2O. The topological polar surface area (TPSA) is 27.1 Å². The van der Waals surface area contributed by atoms with Crippen molar-refractivity contribution in [2.24, 2.45) is 0 Å². The van der Waals surface area contributed by atoms with E-state index in [1.807, 2.05) is 0 Å². The normalized spacial score (nSPS) is 11.6. The molecule has 0 aliphatic heterocycles. The Bertz CT molecular complexity index is 548. The van der Waals surface area contributed by atoms with Crippen LogP contribution in [0.25, 0.3) is 5.69 Å². The highest BCUT2D eigenvalue weighted by atomic mass is 79.9. The Kier molecular flexibility index (Phi) is 3.34. The molecule has 0 aliphatic rings. The largest absolute Gasteiger partial charge is 0.481 e. The van der Waals surface area contributed by atoms with Crippen LogP contribution in [-0.2, 0) is 6.18 Å². The highest BCUT2D eigenvalue weighted by molar-refractivity contribution is 9.10. The van der Waals surface area contributed by atoms with Crippen molar-refractivity contribution < 1.29 is 17.9 Å². The Morgan fingerprint density at radius 3 is 2.33 bits per heavy atom. The summed E-state index contributed by atoms with van der Waals surface area (Å²) < 4.78 is 44.5. The van der Waals surface area contributed by atoms with Gasteiger partial charge in [-0.1, -0.05) is 15.9 Å². The van der Waals surface area contributed by atoms with Crippen LogP contribution in [0.4, 0.5) is 13.2 Å². The molecule has 0 N–H and O–H groups in total. The molecule has 0 bridgehead atoms. The van der Waals surface area contributed by atoms with E-state index in [0.717, 1.165) is 15.2 Å². The van der Waals surface area contributed by atoms with Crippen LogP contribution in [0.15, 0.2) is 34.8 Å². The fourth-order valence-corrected chi connectivity index (χ4v) is 1.68. The van der Waals surface area contributed by atoms with Crippen molar-refractivity contribution in [3.05, 3.63) is 40.5 Å². The van der Waals surface area contributed by atoms with E-state index in [1.165, 1.54) is 7.11 Å². The molecule has 2 aromatic rings. The van der Waals surface area contributed by atoms with E-state index in [-0.39, 0.29) is 5.88 Å². The number of benzene rings is 1. The maximum absolute atomic E-state index is 12.6. The molecule has 96 valence electrons. The van der Waals surface area contributed by atoms with Crippen LogP contribution >= 0.6 is 15.9 Å². The lowest BCUT2D eigenvalue weighted by Gasteiger charge is -2.05. The maximum atomic E-state index is 12.6. The van der Waals surface area contributed by atoms with Gasteiger partial charge in [0.05, 0.1) is 12.8 Å². The number of rotatable bonds is 2. The summed E-state index contributed by atoms with van der Waals surface area (Å²) in [6.45, 7) is 0. The van der Waals surface area contributed by atoms with E-state index in [1.54, 1.807) is 24.3 Å². The number of hydrogen-bond acceptors (Lipinski definition) is 2. The minimum Gasteiger partial charge on any atom is -0.481 e. The summed E-state index contributed by atoms with van der Waals surface area (Å²) in [4.78, 5) is 0. The van der Waals surface area contributed by atoms with Crippen molar-refractivity contribution in [2.75, 3.05) is 7.11 Å². The van der Waals surface area contributed by atoms with Crippen molar-refractivity contribution in [1.82, 2.24) is 9.78 Å². The van der Waals surface area contributed by atoms with Gasteiger partial charge in [0.2, 0.25) is 5.88 Å². The summed E-state index contributed by atoms with van der Waals surface area (Å²) in [6.07, 6.45) is -4.49. The SMILES string of the molecule is COc1cc(C(F)(F)F)nn1-c1ccc(Br)cc1. The molecule has 3 nitrogen and oxygen atoms in total. The number of hydrogen-bond donors (Lipinski definition) is 0. The summed E-state index contributed by atoms with van der Waals surface area (Å²) in [5.74, 6) is 0.0321. The minimum absolute atomic E-state index is 0.0321. The number of methoxy groups -OCH3 is 1. The molecule has 0 spiro atoms. The molecule has 0 radical (unpaired) electrons. The second-order valence-electron chi connectivity index (χ2n) is 3.46. The van der Waals surface area contributed by atoms with Crippen LogP contribution in [0, 0.1) is 0 Å². The van der Waals surface area contributed by atoms with Crippen LogP contribution < -0.4 is 4.74 Å². The van der Waals surface area contributed by atoms with Crippen molar-refractivity contribution in [1.29, 1.82) is 0 Å². The Hall–Kier alpha value is -1.50. The van der Waals surface area contributed by atoms with Crippen molar-refractivity contribution in [3.63, 3.8) is 0 Å². The zero-order chi connectivity index (χ0) is 13.3. The summed E-state index contributed by atoms with van der Waals surface area (Å²) in [5.41, 5.74) is -0.493. The Morgan fingerprint density at radius 2 is 1.83 bits per heavy atom. The summed E-state index contributed by atoms with van der Waals surface area (Å²) in [5, 5.41) is 3.50. The second-order valence-corrected chi connectivity index (χ2v) is 4.37. The summed E-state index contributed by atoms with van der Waals surface area (Å²) >= 11 is 3.25. The van der Waals surface area contributed by atoms with Gasteiger partial charge in [0.1, 0.15) is 0 Å².